The van der Waals surface area contributed by atoms with E-state index in [1.807, 2.05) is 4.90 Å². The molecule has 1 aromatic heterocycles. The van der Waals surface area contributed by atoms with Crippen molar-refractivity contribution in [2.75, 3.05) is 32.6 Å². The Morgan fingerprint density at radius 2 is 1.94 bits per heavy atom. The lowest BCUT2D eigenvalue weighted by Gasteiger charge is -2.26. The van der Waals surface area contributed by atoms with Crippen molar-refractivity contribution in [3.63, 3.8) is 0 Å². The number of benzene rings is 1. The van der Waals surface area contributed by atoms with Crippen molar-refractivity contribution in [1.82, 2.24) is 14.5 Å². The maximum atomic E-state index is 13.4. The van der Waals surface area contributed by atoms with Gasteiger partial charge in [-0.15, -0.1) is 0 Å². The second-order valence-electron chi connectivity index (χ2n) is 9.54. The molecule has 1 atom stereocenters. The van der Waals surface area contributed by atoms with Crippen molar-refractivity contribution in [2.45, 2.75) is 58.3 Å². The number of hydrogen-bond donors (Lipinski definition) is 0. The standard InChI is InChI=1S/C25H35N3O5S/c1-16(2)12-27(13-17(3)4)22(29)15-34-25-26-21-11-18(24(31)32-5)8-9-20(21)23(30)28(25)14-19-7-6-10-33-19/h8-9,11,16-17,19H,6-7,10,12-15H2,1-5H3. The zero-order chi connectivity index (χ0) is 24.8. The first-order chi connectivity index (χ1) is 16.2. The van der Waals surface area contributed by atoms with Crippen molar-refractivity contribution in [1.29, 1.82) is 0 Å². The Morgan fingerprint density at radius 1 is 1.24 bits per heavy atom. The molecule has 0 saturated carbocycles. The number of rotatable bonds is 10. The van der Waals surface area contributed by atoms with Gasteiger partial charge in [0.25, 0.3) is 5.56 Å². The third kappa shape index (κ3) is 6.60. The number of nitrogens with zero attached hydrogens (tertiary/aromatic N) is 3. The van der Waals surface area contributed by atoms with Crippen molar-refractivity contribution >= 4 is 34.5 Å². The van der Waals surface area contributed by atoms with Crippen LogP contribution in [0.1, 0.15) is 50.9 Å². The van der Waals surface area contributed by atoms with Gasteiger partial charge in [0.2, 0.25) is 5.91 Å². The number of thioether (sulfide) groups is 1. The number of carbonyl (C=O) groups is 2. The zero-order valence-corrected chi connectivity index (χ0v) is 21.5. The first-order valence-electron chi connectivity index (χ1n) is 11.8. The van der Waals surface area contributed by atoms with Crippen molar-refractivity contribution in [2.24, 2.45) is 11.8 Å². The Hall–Kier alpha value is -2.39. The summed E-state index contributed by atoms with van der Waals surface area (Å²) < 4.78 is 12.2. The first kappa shape index (κ1) is 26.2. The van der Waals surface area contributed by atoms with Crippen LogP contribution in [0, 0.1) is 11.8 Å². The molecule has 2 heterocycles. The van der Waals surface area contributed by atoms with E-state index < -0.39 is 5.97 Å². The van der Waals surface area contributed by atoms with E-state index >= 15 is 0 Å². The van der Waals surface area contributed by atoms with Gasteiger partial charge in [-0.1, -0.05) is 39.5 Å². The molecule has 0 radical (unpaired) electrons. The molecule has 0 spiro atoms. The van der Waals surface area contributed by atoms with Gasteiger partial charge >= 0.3 is 5.97 Å². The number of fused-ring (bicyclic) bond motifs is 1. The fraction of sp³-hybridized carbons (Fsp3) is 0.600. The van der Waals surface area contributed by atoms with Crippen LogP contribution in [0.2, 0.25) is 0 Å². The lowest BCUT2D eigenvalue weighted by molar-refractivity contribution is -0.129. The predicted molar refractivity (Wildman–Crippen MR) is 133 cm³/mol. The molecule has 1 fully saturated rings. The highest BCUT2D eigenvalue weighted by Crippen LogP contribution is 2.22. The second-order valence-corrected chi connectivity index (χ2v) is 10.5. The number of hydrogen-bond acceptors (Lipinski definition) is 7. The molecular formula is C25H35N3O5S. The molecule has 3 rings (SSSR count). The molecule has 0 N–H and O–H groups in total. The summed E-state index contributed by atoms with van der Waals surface area (Å²) >= 11 is 1.26. The molecule has 1 aliphatic heterocycles. The normalized spacial score (nSPS) is 15.9. The van der Waals surface area contributed by atoms with E-state index in [2.05, 4.69) is 27.7 Å². The van der Waals surface area contributed by atoms with E-state index in [1.165, 1.54) is 18.9 Å². The third-order valence-electron chi connectivity index (χ3n) is 5.60. The van der Waals surface area contributed by atoms with Crippen LogP contribution in [-0.2, 0) is 20.8 Å². The fourth-order valence-corrected chi connectivity index (χ4v) is 5.00. The smallest absolute Gasteiger partial charge is 0.337 e. The summed E-state index contributed by atoms with van der Waals surface area (Å²) in [6.45, 7) is 10.8. The number of esters is 1. The Morgan fingerprint density at radius 3 is 2.53 bits per heavy atom. The van der Waals surface area contributed by atoms with Gasteiger partial charge < -0.3 is 14.4 Å². The molecule has 1 amide bonds. The molecule has 1 aliphatic rings. The van der Waals surface area contributed by atoms with Gasteiger partial charge in [-0.2, -0.15) is 0 Å². The Labute approximate surface area is 205 Å². The van der Waals surface area contributed by atoms with Gasteiger partial charge in [0, 0.05) is 19.7 Å². The molecule has 0 bridgehead atoms. The lowest BCUT2D eigenvalue weighted by atomic mass is 10.1. The molecule has 8 nitrogen and oxygen atoms in total. The average molecular weight is 490 g/mol. The summed E-state index contributed by atoms with van der Waals surface area (Å²) in [7, 11) is 1.31. The number of amides is 1. The fourth-order valence-electron chi connectivity index (χ4n) is 4.09. The number of carbonyl (C=O) groups excluding carboxylic acids is 2. The van der Waals surface area contributed by atoms with E-state index in [0.717, 1.165) is 12.8 Å². The molecule has 1 unspecified atom stereocenters. The van der Waals surface area contributed by atoms with E-state index in [1.54, 1.807) is 22.8 Å². The highest BCUT2D eigenvalue weighted by molar-refractivity contribution is 7.99. The monoisotopic (exact) mass is 489 g/mol. The van der Waals surface area contributed by atoms with Crippen LogP contribution in [0.15, 0.2) is 28.2 Å². The highest BCUT2D eigenvalue weighted by atomic mass is 32.2. The van der Waals surface area contributed by atoms with Gasteiger partial charge in [-0.05, 0) is 42.9 Å². The summed E-state index contributed by atoms with van der Waals surface area (Å²) in [6.07, 6.45) is 1.79. The maximum absolute atomic E-state index is 13.4. The van der Waals surface area contributed by atoms with Crippen LogP contribution in [-0.4, -0.2) is 65.0 Å². The average Bonchev–Trinajstić information content (AvgIpc) is 3.31. The second kappa shape index (κ2) is 11.8. The minimum atomic E-state index is -0.491. The van der Waals surface area contributed by atoms with Gasteiger partial charge in [-0.3, -0.25) is 14.2 Å². The Kier molecular flexibility index (Phi) is 9.13. The van der Waals surface area contributed by atoms with E-state index in [9.17, 15) is 14.4 Å². The molecule has 186 valence electrons. The number of aromatic nitrogens is 2. The Balaban J connectivity index is 1.94. The topological polar surface area (TPSA) is 90.7 Å². The first-order valence-corrected chi connectivity index (χ1v) is 12.8. The molecule has 1 aromatic carbocycles. The predicted octanol–water partition coefficient (Wildman–Crippen LogP) is 3.59. The molecule has 2 aromatic rings. The number of ether oxygens (including phenoxy) is 2. The summed E-state index contributed by atoms with van der Waals surface area (Å²) in [6, 6.07) is 4.74. The number of methoxy groups -OCH3 is 1. The molecule has 34 heavy (non-hydrogen) atoms. The summed E-state index contributed by atoms with van der Waals surface area (Å²) in [5, 5.41) is 0.875. The summed E-state index contributed by atoms with van der Waals surface area (Å²) in [5.41, 5.74) is 0.534. The van der Waals surface area contributed by atoms with Gasteiger partial charge in [0.15, 0.2) is 5.16 Å². The van der Waals surface area contributed by atoms with E-state index in [-0.39, 0.29) is 23.3 Å². The highest BCUT2D eigenvalue weighted by Gasteiger charge is 2.23. The summed E-state index contributed by atoms with van der Waals surface area (Å²) in [4.78, 5) is 45.1. The van der Waals surface area contributed by atoms with Crippen LogP contribution in [0.4, 0.5) is 0 Å². The molecule has 1 saturated heterocycles. The Bertz CT molecular complexity index is 1070. The lowest BCUT2D eigenvalue weighted by Crippen LogP contribution is -2.38. The quantitative estimate of drug-likeness (QED) is 0.286. The zero-order valence-electron chi connectivity index (χ0n) is 20.7. The minimum absolute atomic E-state index is 0.0220. The SMILES string of the molecule is COC(=O)c1ccc2c(=O)n(CC3CCCO3)c(SCC(=O)N(CC(C)C)CC(C)C)nc2c1. The largest absolute Gasteiger partial charge is 0.465 e. The van der Waals surface area contributed by atoms with Crippen molar-refractivity contribution < 1.29 is 19.1 Å². The molecular weight excluding hydrogens is 454 g/mol. The summed E-state index contributed by atoms with van der Waals surface area (Å²) in [5.74, 6) is 0.435. The van der Waals surface area contributed by atoms with Crippen LogP contribution in [0.25, 0.3) is 10.9 Å². The van der Waals surface area contributed by atoms with Gasteiger partial charge in [0.1, 0.15) is 0 Å². The minimum Gasteiger partial charge on any atom is -0.465 e. The van der Waals surface area contributed by atoms with E-state index in [4.69, 9.17) is 14.5 Å². The van der Waals surface area contributed by atoms with Gasteiger partial charge in [-0.25, -0.2) is 9.78 Å². The van der Waals surface area contributed by atoms with Crippen molar-refractivity contribution in [3.05, 3.63) is 34.1 Å². The van der Waals surface area contributed by atoms with E-state index in [0.29, 0.717) is 59.7 Å². The van der Waals surface area contributed by atoms with Crippen LogP contribution in [0.5, 0.6) is 0 Å². The van der Waals surface area contributed by atoms with Crippen LogP contribution < -0.4 is 5.56 Å². The van der Waals surface area contributed by atoms with Gasteiger partial charge in [0.05, 0.1) is 42.0 Å². The van der Waals surface area contributed by atoms with Crippen LogP contribution in [0.3, 0.4) is 0 Å². The molecule has 9 heteroatoms. The maximum Gasteiger partial charge on any atom is 0.337 e. The molecule has 0 aliphatic carbocycles. The van der Waals surface area contributed by atoms with Crippen LogP contribution >= 0.6 is 11.8 Å². The third-order valence-corrected chi connectivity index (χ3v) is 6.56. The van der Waals surface area contributed by atoms with Crippen molar-refractivity contribution in [3.8, 4) is 0 Å².